The van der Waals surface area contributed by atoms with Gasteiger partial charge < -0.3 is 14.8 Å². The molecule has 1 aliphatic carbocycles. The number of carbonyl (C=O) groups excluding carboxylic acids is 1. The Hall–Kier alpha value is -1.31. The normalized spacial score (nSPS) is 26.2. The number of halogens is 4. The van der Waals surface area contributed by atoms with E-state index in [1.165, 1.54) is 12.1 Å². The van der Waals surface area contributed by atoms with Gasteiger partial charge in [0, 0.05) is 12.5 Å². The van der Waals surface area contributed by atoms with Crippen molar-refractivity contribution in [3.8, 4) is 0 Å². The van der Waals surface area contributed by atoms with Gasteiger partial charge in [-0.15, -0.1) is 0 Å². The van der Waals surface area contributed by atoms with Crippen molar-refractivity contribution in [1.29, 1.82) is 0 Å². The van der Waals surface area contributed by atoms with E-state index in [0.717, 1.165) is 18.9 Å². The van der Waals surface area contributed by atoms with Crippen molar-refractivity contribution >= 4 is 17.5 Å². The first-order valence-corrected chi connectivity index (χ1v) is 9.09. The summed E-state index contributed by atoms with van der Waals surface area (Å²) in [6, 6.07) is 3.76. The van der Waals surface area contributed by atoms with Gasteiger partial charge in [-0.2, -0.15) is 13.2 Å². The number of hydrogen-bond acceptors (Lipinski definition) is 3. The van der Waals surface area contributed by atoms with E-state index in [1.807, 2.05) is 0 Å². The van der Waals surface area contributed by atoms with Crippen LogP contribution in [0.15, 0.2) is 18.2 Å². The Bertz CT molecular complexity index is 653. The molecule has 2 aliphatic rings. The van der Waals surface area contributed by atoms with Gasteiger partial charge in [-0.1, -0.05) is 17.7 Å². The summed E-state index contributed by atoms with van der Waals surface area (Å²) in [4.78, 5) is 12.2. The molecule has 1 amide bonds. The molecular weight excluding hydrogens is 371 g/mol. The van der Waals surface area contributed by atoms with Crippen molar-refractivity contribution < 1.29 is 27.4 Å². The van der Waals surface area contributed by atoms with Crippen LogP contribution in [0, 0.1) is 0 Å². The quantitative estimate of drug-likeness (QED) is 0.850. The molecule has 1 saturated heterocycles. The number of fused-ring (bicyclic) bond motifs is 1. The minimum absolute atomic E-state index is 0.00779. The molecule has 1 aromatic carbocycles. The molecule has 0 radical (unpaired) electrons. The van der Waals surface area contributed by atoms with E-state index in [2.05, 4.69) is 5.32 Å². The average molecular weight is 392 g/mol. The Kier molecular flexibility index (Phi) is 6.10. The summed E-state index contributed by atoms with van der Waals surface area (Å²) in [5.74, 6) is -0.173. The van der Waals surface area contributed by atoms with Crippen LogP contribution in [-0.4, -0.2) is 37.4 Å². The molecule has 1 aliphatic heterocycles. The van der Waals surface area contributed by atoms with Crippen molar-refractivity contribution in [2.24, 2.45) is 0 Å². The SMILES string of the molecule is O=C(CCc1ccc(Cl)c(C(F)(F)F)c1)NC1CCC2OCCOC2C1. The maximum absolute atomic E-state index is 12.9. The zero-order valence-electron chi connectivity index (χ0n) is 14.2. The Morgan fingerprint density at radius 3 is 2.65 bits per heavy atom. The van der Waals surface area contributed by atoms with Crippen LogP contribution in [0.25, 0.3) is 0 Å². The fourth-order valence-electron chi connectivity index (χ4n) is 3.50. The summed E-state index contributed by atoms with van der Waals surface area (Å²) in [6.07, 6.45) is -1.69. The van der Waals surface area contributed by atoms with Crippen LogP contribution in [0.1, 0.15) is 36.8 Å². The molecule has 3 atom stereocenters. The molecular formula is C18H21ClF3NO3. The van der Waals surface area contributed by atoms with Crippen molar-refractivity contribution in [3.63, 3.8) is 0 Å². The molecule has 1 saturated carbocycles. The van der Waals surface area contributed by atoms with Gasteiger partial charge in [0.05, 0.1) is 36.0 Å². The Labute approximate surface area is 155 Å². The van der Waals surface area contributed by atoms with E-state index >= 15 is 0 Å². The maximum atomic E-state index is 12.9. The number of hydrogen-bond donors (Lipinski definition) is 1. The van der Waals surface area contributed by atoms with Crippen LogP contribution in [0.3, 0.4) is 0 Å². The zero-order chi connectivity index (χ0) is 18.7. The summed E-state index contributed by atoms with van der Waals surface area (Å²) in [5.41, 5.74) is -0.436. The van der Waals surface area contributed by atoms with Gasteiger partial charge in [-0.25, -0.2) is 0 Å². The standard InChI is InChI=1S/C18H21ClF3NO3/c19-14-4-1-11(9-13(14)18(20,21)22)2-6-17(24)23-12-3-5-15-16(10-12)26-8-7-25-15/h1,4,9,12,15-16H,2-3,5-8,10H2,(H,23,24). The highest BCUT2D eigenvalue weighted by Gasteiger charge is 2.35. The molecule has 26 heavy (non-hydrogen) atoms. The number of ether oxygens (including phenoxy) is 2. The van der Waals surface area contributed by atoms with Gasteiger partial charge in [0.1, 0.15) is 0 Å². The third kappa shape index (κ3) is 4.90. The molecule has 0 spiro atoms. The number of rotatable bonds is 4. The molecule has 4 nitrogen and oxygen atoms in total. The lowest BCUT2D eigenvalue weighted by Crippen LogP contribution is -2.49. The lowest BCUT2D eigenvalue weighted by molar-refractivity contribution is -0.158. The number of aryl methyl sites for hydroxylation is 1. The summed E-state index contributed by atoms with van der Waals surface area (Å²) in [5, 5.41) is 2.62. The molecule has 1 N–H and O–H groups in total. The van der Waals surface area contributed by atoms with E-state index in [4.69, 9.17) is 21.1 Å². The fourth-order valence-corrected chi connectivity index (χ4v) is 3.73. The van der Waals surface area contributed by atoms with Crippen molar-refractivity contribution in [2.75, 3.05) is 13.2 Å². The summed E-state index contributed by atoms with van der Waals surface area (Å²) < 4.78 is 50.0. The molecule has 2 fully saturated rings. The minimum Gasteiger partial charge on any atom is -0.373 e. The van der Waals surface area contributed by atoms with Gasteiger partial charge >= 0.3 is 6.18 Å². The fraction of sp³-hybridized carbons (Fsp3) is 0.611. The molecule has 1 heterocycles. The summed E-state index contributed by atoms with van der Waals surface area (Å²) >= 11 is 5.61. The minimum atomic E-state index is -4.50. The van der Waals surface area contributed by atoms with Crippen LogP contribution in [0.2, 0.25) is 5.02 Å². The number of amides is 1. The summed E-state index contributed by atoms with van der Waals surface area (Å²) in [6.45, 7) is 1.18. The molecule has 1 aromatic rings. The first-order chi connectivity index (χ1) is 12.3. The van der Waals surface area contributed by atoms with Crippen LogP contribution < -0.4 is 5.32 Å². The third-order valence-corrected chi connectivity index (χ3v) is 5.15. The Morgan fingerprint density at radius 1 is 1.19 bits per heavy atom. The molecule has 3 rings (SSSR count). The van der Waals surface area contributed by atoms with E-state index < -0.39 is 11.7 Å². The second-order valence-corrected chi connectivity index (χ2v) is 7.12. The molecule has 0 aromatic heterocycles. The van der Waals surface area contributed by atoms with Crippen LogP contribution in [-0.2, 0) is 26.9 Å². The smallest absolute Gasteiger partial charge is 0.373 e. The first-order valence-electron chi connectivity index (χ1n) is 8.71. The highest BCUT2D eigenvalue weighted by Crippen LogP contribution is 2.35. The van der Waals surface area contributed by atoms with Crippen LogP contribution in [0.5, 0.6) is 0 Å². The lowest BCUT2D eigenvalue weighted by Gasteiger charge is -2.39. The number of nitrogens with one attached hydrogen (secondary N) is 1. The lowest BCUT2D eigenvalue weighted by atomic mass is 9.89. The van der Waals surface area contributed by atoms with Gasteiger partial charge in [0.2, 0.25) is 5.91 Å². The second kappa shape index (κ2) is 8.15. The topological polar surface area (TPSA) is 47.6 Å². The van der Waals surface area contributed by atoms with E-state index in [9.17, 15) is 18.0 Å². The number of benzene rings is 1. The van der Waals surface area contributed by atoms with Gasteiger partial charge in [-0.05, 0) is 43.4 Å². The Balaban J connectivity index is 1.50. The number of alkyl halides is 3. The molecule has 8 heteroatoms. The van der Waals surface area contributed by atoms with Gasteiger partial charge in [0.25, 0.3) is 0 Å². The second-order valence-electron chi connectivity index (χ2n) is 6.71. The van der Waals surface area contributed by atoms with Crippen molar-refractivity contribution in [1.82, 2.24) is 5.32 Å². The van der Waals surface area contributed by atoms with E-state index in [-0.39, 0.29) is 42.0 Å². The third-order valence-electron chi connectivity index (χ3n) is 4.82. The van der Waals surface area contributed by atoms with Crippen LogP contribution in [0.4, 0.5) is 13.2 Å². The Morgan fingerprint density at radius 2 is 1.92 bits per heavy atom. The van der Waals surface area contributed by atoms with Crippen LogP contribution >= 0.6 is 11.6 Å². The number of carbonyl (C=O) groups is 1. The van der Waals surface area contributed by atoms with Crippen molar-refractivity contribution in [3.05, 3.63) is 34.3 Å². The highest BCUT2D eigenvalue weighted by atomic mass is 35.5. The maximum Gasteiger partial charge on any atom is 0.417 e. The van der Waals surface area contributed by atoms with E-state index in [1.54, 1.807) is 0 Å². The predicted octanol–water partition coefficient (Wildman–Crippen LogP) is 3.74. The molecule has 3 unspecified atom stereocenters. The van der Waals surface area contributed by atoms with Gasteiger partial charge in [-0.3, -0.25) is 4.79 Å². The zero-order valence-corrected chi connectivity index (χ0v) is 14.9. The van der Waals surface area contributed by atoms with E-state index in [0.29, 0.717) is 25.2 Å². The molecule has 144 valence electrons. The molecule has 0 bridgehead atoms. The summed E-state index contributed by atoms with van der Waals surface area (Å²) in [7, 11) is 0. The predicted molar refractivity (Wildman–Crippen MR) is 90.0 cm³/mol. The van der Waals surface area contributed by atoms with Gasteiger partial charge in [0.15, 0.2) is 0 Å². The largest absolute Gasteiger partial charge is 0.417 e. The highest BCUT2D eigenvalue weighted by molar-refractivity contribution is 6.31. The first kappa shape index (κ1) is 19.5. The monoisotopic (exact) mass is 391 g/mol. The van der Waals surface area contributed by atoms with Crippen molar-refractivity contribution in [2.45, 2.75) is 56.5 Å². The average Bonchev–Trinajstić information content (AvgIpc) is 2.60.